The van der Waals surface area contributed by atoms with E-state index >= 15 is 0 Å². The monoisotopic (exact) mass is 872 g/mol. The second kappa shape index (κ2) is 15.8. The third-order valence-electron chi connectivity index (χ3n) is 13.2. The fraction of sp³-hybridized carbons (Fsp3) is 0.100. The Labute approximate surface area is 383 Å². The van der Waals surface area contributed by atoms with Gasteiger partial charge in [-0.2, -0.15) is 0 Å². The van der Waals surface area contributed by atoms with E-state index in [4.69, 9.17) is 4.42 Å². The molecule has 0 N–H and O–H groups in total. The zero-order chi connectivity index (χ0) is 44.5. The molecular weight excluding hydrogens is 821 g/mol. The van der Waals surface area contributed by atoms with Gasteiger partial charge in [-0.05, 0) is 118 Å². The van der Waals surface area contributed by atoms with Crippen LogP contribution in [-0.2, 0) is 0 Å². The van der Waals surface area contributed by atoms with E-state index in [1.54, 1.807) is 0 Å². The van der Waals surface area contributed by atoms with Gasteiger partial charge in [0.1, 0.15) is 11.2 Å². The van der Waals surface area contributed by atoms with Crippen molar-refractivity contribution in [1.29, 1.82) is 0 Å². The van der Waals surface area contributed by atoms with Crippen molar-refractivity contribution in [3.05, 3.63) is 206 Å². The summed E-state index contributed by atoms with van der Waals surface area (Å²) in [5.74, 6) is 0. The van der Waals surface area contributed by atoms with Crippen LogP contribution in [-0.4, -0.2) is 20.7 Å². The van der Waals surface area contributed by atoms with Crippen molar-refractivity contribution in [2.45, 2.75) is 39.3 Å². The van der Waals surface area contributed by atoms with Crippen LogP contribution in [0.2, 0.25) is 39.3 Å². The van der Waals surface area contributed by atoms with Gasteiger partial charge >= 0.3 is 0 Å². The number of hydrogen-bond acceptors (Lipinski definition) is 2. The Morgan fingerprint density at radius 3 is 1.35 bits per heavy atom. The quantitative estimate of drug-likeness (QED) is 0.135. The first-order valence-corrected chi connectivity index (χ1v) is 29.7. The molecule has 0 aliphatic rings. The van der Waals surface area contributed by atoms with Crippen LogP contribution >= 0.6 is 0 Å². The van der Waals surface area contributed by atoms with Gasteiger partial charge in [-0.1, -0.05) is 171 Å². The van der Waals surface area contributed by atoms with Gasteiger partial charge in [0.25, 0.3) is 0 Å². The summed E-state index contributed by atoms with van der Waals surface area (Å²) in [5, 5.41) is 7.72. The number of benzene rings is 9. The average molecular weight is 873 g/mol. The molecule has 0 unspecified atom stereocenters. The highest BCUT2D eigenvalue weighted by molar-refractivity contribution is 6.89. The lowest BCUT2D eigenvalue weighted by molar-refractivity contribution is 0.669. The molecule has 0 amide bonds. The van der Waals surface area contributed by atoms with E-state index in [0.717, 1.165) is 44.7 Å². The van der Waals surface area contributed by atoms with Crippen molar-refractivity contribution >= 4 is 87.3 Å². The van der Waals surface area contributed by atoms with Crippen LogP contribution in [0.4, 0.5) is 17.1 Å². The molecular formula is C60H52N2OSi2. The van der Waals surface area contributed by atoms with Crippen LogP contribution in [0.1, 0.15) is 0 Å². The average Bonchev–Trinajstić information content (AvgIpc) is 3.87. The molecule has 316 valence electrons. The normalized spacial score (nSPS) is 12.2. The molecule has 0 saturated carbocycles. The first-order chi connectivity index (χ1) is 31.5. The van der Waals surface area contributed by atoms with E-state index in [1.807, 2.05) is 0 Å². The molecule has 0 aliphatic carbocycles. The number of nitrogens with zero attached hydrogens (tertiary/aromatic N) is 2. The van der Waals surface area contributed by atoms with Crippen LogP contribution in [0.3, 0.4) is 0 Å². The summed E-state index contributed by atoms with van der Waals surface area (Å²) in [6.45, 7) is 14.3. The lowest BCUT2D eigenvalue weighted by Gasteiger charge is -2.26. The van der Waals surface area contributed by atoms with Gasteiger partial charge in [-0.15, -0.1) is 0 Å². The predicted octanol–water partition coefficient (Wildman–Crippen LogP) is 16.2. The van der Waals surface area contributed by atoms with Gasteiger partial charge in [0.15, 0.2) is 0 Å². The largest absolute Gasteiger partial charge is 0.456 e. The standard InChI is InChI=1S/C60H52N2OSi2/c1-64(2,3)51-32-22-42(23-33-51)41-16-26-48(27-17-41)61(50-30-20-44(21-31-50)46-24-35-54-55-36-34-52(65(4,5)6)40-60(55)63-59(54)39-46)49-28-18-43(19-29-49)45-25-37-58-56(38-45)53-14-10-11-15-57(53)62(58)47-12-8-7-9-13-47/h7-40H,1-6H3. The molecule has 0 radical (unpaired) electrons. The molecule has 65 heavy (non-hydrogen) atoms. The highest BCUT2D eigenvalue weighted by atomic mass is 28.3. The molecule has 2 heterocycles. The van der Waals surface area contributed by atoms with Crippen molar-refractivity contribution in [3.63, 3.8) is 0 Å². The van der Waals surface area contributed by atoms with Gasteiger partial charge in [0.2, 0.25) is 0 Å². The van der Waals surface area contributed by atoms with Crippen LogP contribution in [0.25, 0.3) is 82.8 Å². The fourth-order valence-electron chi connectivity index (χ4n) is 9.45. The van der Waals surface area contributed by atoms with E-state index in [-0.39, 0.29) is 0 Å². The minimum atomic E-state index is -1.46. The summed E-state index contributed by atoms with van der Waals surface area (Å²) >= 11 is 0. The molecule has 0 aliphatic heterocycles. The molecule has 5 heteroatoms. The third-order valence-corrected chi connectivity index (χ3v) is 17.3. The number of hydrogen-bond donors (Lipinski definition) is 0. The zero-order valence-electron chi connectivity index (χ0n) is 37.9. The van der Waals surface area contributed by atoms with Gasteiger partial charge in [0.05, 0.1) is 27.2 Å². The van der Waals surface area contributed by atoms with Crippen LogP contribution in [0, 0.1) is 0 Å². The molecule has 0 atom stereocenters. The molecule has 9 aromatic carbocycles. The molecule has 0 fully saturated rings. The van der Waals surface area contributed by atoms with Gasteiger partial charge in [-0.3, -0.25) is 0 Å². The lowest BCUT2D eigenvalue weighted by Crippen LogP contribution is -2.37. The fourth-order valence-corrected chi connectivity index (χ4v) is 11.8. The van der Waals surface area contributed by atoms with E-state index in [2.05, 4.69) is 255 Å². The van der Waals surface area contributed by atoms with Crippen molar-refractivity contribution in [2.24, 2.45) is 0 Å². The van der Waals surface area contributed by atoms with E-state index in [0.29, 0.717) is 0 Å². The number of furan rings is 1. The first kappa shape index (κ1) is 40.6. The van der Waals surface area contributed by atoms with Gasteiger partial charge < -0.3 is 13.9 Å². The minimum Gasteiger partial charge on any atom is -0.456 e. The van der Waals surface area contributed by atoms with Crippen molar-refractivity contribution in [1.82, 2.24) is 4.57 Å². The van der Waals surface area contributed by atoms with Crippen LogP contribution in [0.5, 0.6) is 0 Å². The second-order valence-electron chi connectivity index (χ2n) is 19.5. The molecule has 2 aromatic heterocycles. The zero-order valence-corrected chi connectivity index (χ0v) is 39.9. The van der Waals surface area contributed by atoms with Crippen molar-refractivity contribution < 1.29 is 4.42 Å². The second-order valence-corrected chi connectivity index (χ2v) is 29.7. The number of fused-ring (bicyclic) bond motifs is 6. The smallest absolute Gasteiger partial charge is 0.136 e. The van der Waals surface area contributed by atoms with Gasteiger partial charge in [-0.25, -0.2) is 0 Å². The topological polar surface area (TPSA) is 21.3 Å². The van der Waals surface area contributed by atoms with Crippen molar-refractivity contribution in [2.75, 3.05) is 4.90 Å². The SMILES string of the molecule is C[Si](C)(C)c1ccc(-c2ccc(N(c3ccc(-c4ccc5c(c4)oc4cc([Si](C)(C)C)ccc45)cc3)c3ccc(-c4ccc5c(c4)c4ccccc4n5-c4ccccc4)cc3)cc2)cc1. The molecule has 0 spiro atoms. The highest BCUT2D eigenvalue weighted by Crippen LogP contribution is 2.40. The summed E-state index contributed by atoms with van der Waals surface area (Å²) in [6.07, 6.45) is 0. The van der Waals surface area contributed by atoms with E-state index in [9.17, 15) is 0 Å². The number of aromatic nitrogens is 1. The Morgan fingerprint density at radius 2 is 0.769 bits per heavy atom. The summed E-state index contributed by atoms with van der Waals surface area (Å²) in [6, 6.07) is 75.9. The summed E-state index contributed by atoms with van der Waals surface area (Å²) in [5.41, 5.74) is 15.9. The Bertz CT molecular complexity index is 3520. The van der Waals surface area contributed by atoms with E-state index in [1.165, 1.54) is 65.5 Å². The van der Waals surface area contributed by atoms with Gasteiger partial charge in [0, 0.05) is 44.3 Å². The Hall–Kier alpha value is -7.19. The predicted molar refractivity (Wildman–Crippen MR) is 285 cm³/mol. The maximum Gasteiger partial charge on any atom is 0.136 e. The maximum absolute atomic E-state index is 6.51. The Kier molecular flexibility index (Phi) is 9.87. The third kappa shape index (κ3) is 7.51. The molecule has 11 rings (SSSR count). The first-order valence-electron chi connectivity index (χ1n) is 22.7. The van der Waals surface area contributed by atoms with Crippen molar-refractivity contribution in [3.8, 4) is 39.1 Å². The Balaban J connectivity index is 0.950. The Morgan fingerprint density at radius 1 is 0.338 bits per heavy atom. The van der Waals surface area contributed by atoms with E-state index < -0.39 is 16.1 Å². The number of rotatable bonds is 9. The molecule has 3 nitrogen and oxygen atoms in total. The minimum absolute atomic E-state index is 0.923. The number of para-hydroxylation sites is 2. The summed E-state index contributed by atoms with van der Waals surface area (Å²) in [7, 11) is -2.84. The molecule has 0 bridgehead atoms. The summed E-state index contributed by atoms with van der Waals surface area (Å²) in [4.78, 5) is 2.36. The lowest BCUT2D eigenvalue weighted by atomic mass is 10.0. The highest BCUT2D eigenvalue weighted by Gasteiger charge is 2.20. The summed E-state index contributed by atoms with van der Waals surface area (Å²) < 4.78 is 8.88. The van der Waals surface area contributed by atoms with Crippen LogP contribution < -0.4 is 15.3 Å². The van der Waals surface area contributed by atoms with Crippen LogP contribution in [0.15, 0.2) is 211 Å². The molecule has 0 saturated heterocycles. The number of anilines is 3. The maximum atomic E-state index is 6.51. The molecule has 11 aromatic rings.